The summed E-state index contributed by atoms with van der Waals surface area (Å²) in [5.74, 6) is -3.21. The summed E-state index contributed by atoms with van der Waals surface area (Å²) < 4.78 is 26.0. The fourth-order valence-electron chi connectivity index (χ4n) is 2.25. The van der Waals surface area contributed by atoms with Gasteiger partial charge >= 0.3 is 6.03 Å². The lowest BCUT2D eigenvalue weighted by Crippen LogP contribution is -2.22. The van der Waals surface area contributed by atoms with Crippen LogP contribution in [-0.2, 0) is 4.79 Å². The van der Waals surface area contributed by atoms with Gasteiger partial charge in [0.25, 0.3) is 11.8 Å². The average molecular weight is 331 g/mol. The Kier molecular flexibility index (Phi) is 3.95. The van der Waals surface area contributed by atoms with E-state index in [0.717, 1.165) is 12.1 Å². The molecule has 1 fully saturated rings. The van der Waals surface area contributed by atoms with Gasteiger partial charge in [-0.25, -0.2) is 13.6 Å². The number of anilines is 1. The Balaban J connectivity index is 1.72. The number of rotatable bonds is 3. The van der Waals surface area contributed by atoms with Gasteiger partial charge in [0.2, 0.25) is 0 Å². The third-order valence-electron chi connectivity index (χ3n) is 3.46. The normalized spacial score (nSPS) is 16.5. The van der Waals surface area contributed by atoms with Crippen LogP contribution in [0.15, 0.2) is 42.5 Å². The highest BCUT2D eigenvalue weighted by atomic mass is 19.2. The Morgan fingerprint density at radius 1 is 1.00 bits per heavy atom. The van der Waals surface area contributed by atoms with Crippen molar-refractivity contribution in [1.29, 1.82) is 0 Å². The average Bonchev–Trinajstić information content (AvgIpc) is 2.89. The first kappa shape index (κ1) is 15.6. The highest BCUT2D eigenvalue weighted by Crippen LogP contribution is 2.19. The van der Waals surface area contributed by atoms with Crippen molar-refractivity contribution in [2.75, 3.05) is 5.32 Å². The molecule has 1 aliphatic heterocycles. The lowest BCUT2D eigenvalue weighted by molar-refractivity contribution is -0.120. The predicted octanol–water partition coefficient (Wildman–Crippen LogP) is 2.10. The van der Waals surface area contributed by atoms with Gasteiger partial charge in [-0.2, -0.15) is 0 Å². The lowest BCUT2D eigenvalue weighted by Gasteiger charge is -2.10. The highest BCUT2D eigenvalue weighted by molar-refractivity contribution is 6.05. The minimum absolute atomic E-state index is 0.0274. The number of nitrogens with one attached hydrogen (secondary N) is 3. The molecule has 3 N–H and O–H groups in total. The monoisotopic (exact) mass is 331 g/mol. The largest absolute Gasteiger partial charge is 0.322 e. The van der Waals surface area contributed by atoms with Crippen molar-refractivity contribution in [2.24, 2.45) is 0 Å². The second-order valence-electron chi connectivity index (χ2n) is 5.10. The number of amides is 4. The van der Waals surface area contributed by atoms with Crippen molar-refractivity contribution < 1.29 is 23.2 Å². The van der Waals surface area contributed by atoms with E-state index >= 15 is 0 Å². The van der Waals surface area contributed by atoms with Crippen molar-refractivity contribution in [2.45, 2.75) is 6.04 Å². The van der Waals surface area contributed by atoms with Gasteiger partial charge in [0, 0.05) is 11.3 Å². The summed E-state index contributed by atoms with van der Waals surface area (Å²) in [6.45, 7) is 0. The third-order valence-corrected chi connectivity index (χ3v) is 3.46. The highest BCUT2D eigenvalue weighted by Gasteiger charge is 2.30. The van der Waals surface area contributed by atoms with Gasteiger partial charge < -0.3 is 10.6 Å². The van der Waals surface area contributed by atoms with E-state index in [-0.39, 0.29) is 5.56 Å². The van der Waals surface area contributed by atoms with Crippen LogP contribution in [0.2, 0.25) is 0 Å². The summed E-state index contributed by atoms with van der Waals surface area (Å²) in [7, 11) is 0. The summed E-state index contributed by atoms with van der Waals surface area (Å²) in [6.07, 6.45) is 0. The molecular formula is C16H11F2N3O3. The van der Waals surface area contributed by atoms with Crippen LogP contribution in [0.25, 0.3) is 0 Å². The van der Waals surface area contributed by atoms with Gasteiger partial charge in [-0.05, 0) is 35.9 Å². The third kappa shape index (κ3) is 3.07. The van der Waals surface area contributed by atoms with Crippen LogP contribution in [0, 0.1) is 11.6 Å². The first-order chi connectivity index (χ1) is 11.4. The van der Waals surface area contributed by atoms with Crippen molar-refractivity contribution in [3.05, 3.63) is 65.2 Å². The second kappa shape index (κ2) is 6.07. The van der Waals surface area contributed by atoms with Crippen LogP contribution in [0.4, 0.5) is 19.3 Å². The Morgan fingerprint density at radius 2 is 1.71 bits per heavy atom. The molecular weight excluding hydrogens is 320 g/mol. The molecule has 1 heterocycles. The number of urea groups is 1. The zero-order valence-electron chi connectivity index (χ0n) is 12.1. The molecule has 1 aliphatic rings. The van der Waals surface area contributed by atoms with E-state index in [1.54, 1.807) is 12.1 Å². The molecule has 0 saturated carbocycles. The Hall–Kier alpha value is -3.29. The van der Waals surface area contributed by atoms with Crippen LogP contribution < -0.4 is 16.0 Å². The molecule has 122 valence electrons. The molecule has 1 atom stereocenters. The predicted molar refractivity (Wildman–Crippen MR) is 80.2 cm³/mol. The number of halogens is 2. The Morgan fingerprint density at radius 3 is 2.29 bits per heavy atom. The number of hydrogen-bond acceptors (Lipinski definition) is 3. The van der Waals surface area contributed by atoms with Crippen molar-refractivity contribution in [1.82, 2.24) is 10.6 Å². The zero-order valence-corrected chi connectivity index (χ0v) is 12.1. The zero-order chi connectivity index (χ0) is 17.3. The van der Waals surface area contributed by atoms with Crippen molar-refractivity contribution in [3.63, 3.8) is 0 Å². The number of carbonyl (C=O) groups excluding carboxylic acids is 3. The summed E-state index contributed by atoms with van der Waals surface area (Å²) in [6, 6.07) is 7.68. The van der Waals surface area contributed by atoms with Crippen LogP contribution >= 0.6 is 0 Å². The Labute approximate surface area is 134 Å². The van der Waals surface area contributed by atoms with Crippen LogP contribution in [0.3, 0.4) is 0 Å². The number of carbonyl (C=O) groups is 3. The second-order valence-corrected chi connectivity index (χ2v) is 5.10. The molecule has 3 rings (SSSR count). The van der Waals surface area contributed by atoms with Gasteiger partial charge in [-0.3, -0.25) is 14.9 Å². The van der Waals surface area contributed by atoms with Crippen molar-refractivity contribution in [3.8, 4) is 0 Å². The van der Waals surface area contributed by atoms with E-state index in [2.05, 4.69) is 16.0 Å². The van der Waals surface area contributed by atoms with E-state index in [9.17, 15) is 23.2 Å². The van der Waals surface area contributed by atoms with Crippen LogP contribution in [-0.4, -0.2) is 17.8 Å². The molecule has 2 aromatic carbocycles. The molecule has 0 aromatic heterocycles. The molecule has 0 radical (unpaired) electrons. The molecule has 0 spiro atoms. The summed E-state index contributed by atoms with van der Waals surface area (Å²) in [5.41, 5.74) is 0.919. The van der Waals surface area contributed by atoms with E-state index in [0.29, 0.717) is 11.3 Å². The SMILES string of the molecule is O=C1NC(=O)C(c2ccc(NC(=O)c3ccc(F)c(F)c3)cc2)N1. The molecule has 1 saturated heterocycles. The minimum atomic E-state index is -1.11. The quantitative estimate of drug-likeness (QED) is 0.753. The van der Waals surface area contributed by atoms with E-state index in [1.165, 1.54) is 18.2 Å². The van der Waals surface area contributed by atoms with Gasteiger partial charge in [0.1, 0.15) is 6.04 Å². The Bertz CT molecular complexity index is 837. The van der Waals surface area contributed by atoms with Crippen molar-refractivity contribution >= 4 is 23.5 Å². The van der Waals surface area contributed by atoms with E-state index < -0.39 is 35.5 Å². The fraction of sp³-hybridized carbons (Fsp3) is 0.0625. The van der Waals surface area contributed by atoms with E-state index in [1.807, 2.05) is 0 Å². The van der Waals surface area contributed by atoms with Gasteiger partial charge in [-0.1, -0.05) is 12.1 Å². The molecule has 8 heteroatoms. The van der Waals surface area contributed by atoms with Gasteiger partial charge in [-0.15, -0.1) is 0 Å². The summed E-state index contributed by atoms with van der Waals surface area (Å²) >= 11 is 0. The maximum Gasteiger partial charge on any atom is 0.322 e. The maximum absolute atomic E-state index is 13.1. The molecule has 4 amide bonds. The smallest absolute Gasteiger partial charge is 0.322 e. The first-order valence-electron chi connectivity index (χ1n) is 6.92. The number of imide groups is 1. The minimum Gasteiger partial charge on any atom is -0.322 e. The molecule has 2 aromatic rings. The molecule has 0 aliphatic carbocycles. The molecule has 1 unspecified atom stereocenters. The van der Waals surface area contributed by atoms with Crippen LogP contribution in [0.5, 0.6) is 0 Å². The summed E-state index contributed by atoms with van der Waals surface area (Å²) in [5, 5.41) is 7.10. The lowest BCUT2D eigenvalue weighted by atomic mass is 10.1. The summed E-state index contributed by atoms with van der Waals surface area (Å²) in [4.78, 5) is 34.7. The number of benzene rings is 2. The molecule has 6 nitrogen and oxygen atoms in total. The van der Waals surface area contributed by atoms with Gasteiger partial charge in [0.15, 0.2) is 11.6 Å². The molecule has 24 heavy (non-hydrogen) atoms. The topological polar surface area (TPSA) is 87.3 Å². The number of hydrogen-bond donors (Lipinski definition) is 3. The standard InChI is InChI=1S/C16H11F2N3O3/c17-11-6-3-9(7-12(11)18)14(22)19-10-4-1-8(2-5-10)13-15(23)21-16(24)20-13/h1-7,13H,(H,19,22)(H2,20,21,23,24). The maximum atomic E-state index is 13.1. The first-order valence-corrected chi connectivity index (χ1v) is 6.92. The van der Waals surface area contributed by atoms with Crippen LogP contribution in [0.1, 0.15) is 22.0 Å². The van der Waals surface area contributed by atoms with Gasteiger partial charge in [0.05, 0.1) is 0 Å². The fourth-order valence-corrected chi connectivity index (χ4v) is 2.25. The molecule has 0 bridgehead atoms. The van der Waals surface area contributed by atoms with E-state index in [4.69, 9.17) is 0 Å².